The fraction of sp³-hybridized carbons (Fsp3) is 0.833. The van der Waals surface area contributed by atoms with Gasteiger partial charge in [0, 0.05) is 38.0 Å². The van der Waals surface area contributed by atoms with E-state index in [-0.39, 0.29) is 48.9 Å². The minimum Gasteiger partial charge on any atom is -0.458 e. The molecule has 6 bridgehead atoms. The van der Waals surface area contributed by atoms with Gasteiger partial charge in [0.05, 0.1) is 17.1 Å². The zero-order valence-corrected chi connectivity index (χ0v) is 19.7. The summed E-state index contributed by atoms with van der Waals surface area (Å²) in [6.07, 6.45) is 0.703. The Balaban J connectivity index is 1.10. The number of alkyl halides is 2. The minimum atomic E-state index is -3.86. The van der Waals surface area contributed by atoms with Crippen LogP contribution in [0.2, 0.25) is 0 Å². The van der Waals surface area contributed by atoms with Crippen molar-refractivity contribution in [2.75, 3.05) is 6.61 Å². The lowest BCUT2D eigenvalue weighted by atomic mass is 9.50. The van der Waals surface area contributed by atoms with Crippen molar-refractivity contribution in [2.45, 2.75) is 93.2 Å². The maximum Gasteiger partial charge on any atom is 0.516 e. The number of carbonyl (C=O) groups is 4. The van der Waals surface area contributed by atoms with Crippen LogP contribution in [0, 0.1) is 23.7 Å². The van der Waals surface area contributed by atoms with E-state index < -0.39 is 59.6 Å². The lowest BCUT2D eigenvalue weighted by molar-refractivity contribution is -0.270. The Bertz CT molecular complexity index is 1030. The summed E-state index contributed by atoms with van der Waals surface area (Å²) >= 11 is 0. The van der Waals surface area contributed by atoms with Crippen molar-refractivity contribution >= 4 is 24.1 Å². The average molecular weight is 514 g/mol. The van der Waals surface area contributed by atoms with E-state index in [9.17, 15) is 33.1 Å². The SMILES string of the molecule is CC(F)(F)C(=O)OC(=O)OC12CC3CC(O)(CC(OCC(=O)OC4C5CC6C(=O)OC4C6C5)(C3)C1)C2. The molecule has 12 heteroatoms. The van der Waals surface area contributed by atoms with Crippen LogP contribution in [-0.4, -0.2) is 70.7 Å². The number of aliphatic hydroxyl groups is 1. The first-order valence-electron chi connectivity index (χ1n) is 12.4. The van der Waals surface area contributed by atoms with Crippen molar-refractivity contribution in [1.82, 2.24) is 0 Å². The average Bonchev–Trinajstić information content (AvgIpc) is 3.34. The second-order valence-corrected chi connectivity index (χ2v) is 11.9. The molecule has 0 amide bonds. The number of esters is 3. The molecule has 0 aromatic heterocycles. The maximum absolute atomic E-state index is 13.1. The number of carbonyl (C=O) groups excluding carboxylic acids is 4. The second-order valence-electron chi connectivity index (χ2n) is 11.9. The van der Waals surface area contributed by atoms with Crippen LogP contribution in [-0.2, 0) is 38.1 Å². The van der Waals surface area contributed by atoms with Gasteiger partial charge in [0.1, 0.15) is 24.4 Å². The van der Waals surface area contributed by atoms with Gasteiger partial charge in [-0.25, -0.2) is 14.4 Å². The van der Waals surface area contributed by atoms with Crippen LogP contribution in [0.4, 0.5) is 13.6 Å². The third-order valence-corrected chi connectivity index (χ3v) is 8.95. The van der Waals surface area contributed by atoms with Gasteiger partial charge in [0.2, 0.25) is 0 Å². The molecule has 10 nitrogen and oxygen atoms in total. The van der Waals surface area contributed by atoms with Gasteiger partial charge in [-0.05, 0) is 38.0 Å². The molecule has 6 saturated carbocycles. The number of halogens is 2. The van der Waals surface area contributed by atoms with Gasteiger partial charge < -0.3 is 28.8 Å². The molecule has 1 N–H and O–H groups in total. The number of fused-ring (bicyclic) bond motifs is 1. The highest BCUT2D eigenvalue weighted by atomic mass is 19.3. The minimum absolute atomic E-state index is 0.0528. The first kappa shape index (κ1) is 24.0. The van der Waals surface area contributed by atoms with E-state index in [1.54, 1.807) is 0 Å². The van der Waals surface area contributed by atoms with Crippen LogP contribution in [0.3, 0.4) is 0 Å². The van der Waals surface area contributed by atoms with E-state index in [0.29, 0.717) is 32.6 Å². The molecule has 7 rings (SSSR count). The van der Waals surface area contributed by atoms with Crippen molar-refractivity contribution in [3.05, 3.63) is 0 Å². The lowest BCUT2D eigenvalue weighted by Crippen LogP contribution is -2.67. The van der Waals surface area contributed by atoms with Crippen LogP contribution >= 0.6 is 0 Å². The molecule has 7 aliphatic rings. The van der Waals surface area contributed by atoms with E-state index in [1.807, 2.05) is 0 Å². The van der Waals surface area contributed by atoms with Gasteiger partial charge in [-0.2, -0.15) is 8.78 Å². The van der Waals surface area contributed by atoms with Crippen LogP contribution in [0.5, 0.6) is 0 Å². The molecule has 9 unspecified atom stereocenters. The molecule has 6 aliphatic carbocycles. The Hall–Kier alpha value is -2.34. The van der Waals surface area contributed by atoms with E-state index in [1.165, 1.54) is 0 Å². The summed E-state index contributed by atoms with van der Waals surface area (Å²) in [5.41, 5.74) is -3.50. The third-order valence-electron chi connectivity index (χ3n) is 8.95. The second kappa shape index (κ2) is 7.59. The Labute approximate surface area is 204 Å². The Kier molecular flexibility index (Phi) is 5.07. The molecular weight excluding hydrogens is 486 g/mol. The third kappa shape index (κ3) is 3.87. The zero-order valence-electron chi connectivity index (χ0n) is 19.7. The summed E-state index contributed by atoms with van der Waals surface area (Å²) in [6.45, 7) is -0.0917. The molecule has 0 aromatic rings. The van der Waals surface area contributed by atoms with Crippen molar-refractivity contribution in [2.24, 2.45) is 23.7 Å². The van der Waals surface area contributed by atoms with E-state index in [0.717, 1.165) is 6.42 Å². The summed E-state index contributed by atoms with van der Waals surface area (Å²) in [7, 11) is 0. The standard InChI is InChI=1S/C24H28F2O10/c1-21(25,26)19(29)35-20(30)36-24-6-11-4-22(31,9-24)8-23(5-11,10-24)32-7-15(27)33-16-12-2-13-14(3-12)18(28)34-17(13)16/h11-14,16-17,31H,2-10H2,1H3. The van der Waals surface area contributed by atoms with Crippen molar-refractivity contribution in [1.29, 1.82) is 0 Å². The van der Waals surface area contributed by atoms with Gasteiger partial charge in [0.15, 0.2) is 0 Å². The van der Waals surface area contributed by atoms with Crippen LogP contribution < -0.4 is 0 Å². The normalized spacial score (nSPS) is 45.5. The highest BCUT2D eigenvalue weighted by Crippen LogP contribution is 2.62. The molecule has 1 heterocycles. The topological polar surface area (TPSA) is 135 Å². The van der Waals surface area contributed by atoms with Crippen molar-refractivity contribution in [3.63, 3.8) is 0 Å². The molecule has 1 aliphatic heterocycles. The largest absolute Gasteiger partial charge is 0.516 e. The molecule has 198 valence electrons. The molecule has 9 atom stereocenters. The highest BCUT2D eigenvalue weighted by molar-refractivity contribution is 5.86. The molecule has 36 heavy (non-hydrogen) atoms. The fourth-order valence-corrected chi connectivity index (χ4v) is 8.31. The zero-order chi connectivity index (χ0) is 25.7. The number of hydrogen-bond donors (Lipinski definition) is 1. The van der Waals surface area contributed by atoms with Crippen molar-refractivity contribution < 1.29 is 56.7 Å². The number of rotatable bonds is 6. The summed E-state index contributed by atoms with van der Waals surface area (Å²) in [6, 6.07) is 0. The van der Waals surface area contributed by atoms with Gasteiger partial charge >= 0.3 is 30.0 Å². The Morgan fingerprint density at radius 1 is 1.11 bits per heavy atom. The summed E-state index contributed by atoms with van der Waals surface area (Å²) in [5, 5.41) is 11.2. The molecule has 1 saturated heterocycles. The number of hydrogen-bond acceptors (Lipinski definition) is 10. The molecule has 7 fully saturated rings. The van der Waals surface area contributed by atoms with Crippen LogP contribution in [0.1, 0.15) is 58.3 Å². The Morgan fingerprint density at radius 2 is 1.83 bits per heavy atom. The number of ether oxygens (including phenoxy) is 5. The lowest BCUT2D eigenvalue weighted by Gasteiger charge is -2.63. The first-order valence-corrected chi connectivity index (χ1v) is 12.4. The van der Waals surface area contributed by atoms with E-state index in [4.69, 9.17) is 18.9 Å². The predicted octanol–water partition coefficient (Wildman–Crippen LogP) is 2.04. The van der Waals surface area contributed by atoms with E-state index >= 15 is 0 Å². The maximum atomic E-state index is 13.1. The van der Waals surface area contributed by atoms with Gasteiger partial charge in [0.25, 0.3) is 0 Å². The van der Waals surface area contributed by atoms with Gasteiger partial charge in [-0.15, -0.1) is 0 Å². The molecular formula is C24H28F2O10. The highest BCUT2D eigenvalue weighted by Gasteiger charge is 2.66. The summed E-state index contributed by atoms with van der Waals surface area (Å²) < 4.78 is 52.9. The Morgan fingerprint density at radius 3 is 2.56 bits per heavy atom. The summed E-state index contributed by atoms with van der Waals surface area (Å²) in [5.74, 6) is -6.74. The molecule has 0 aromatic carbocycles. The van der Waals surface area contributed by atoms with Gasteiger partial charge in [-0.1, -0.05) is 0 Å². The first-order chi connectivity index (χ1) is 16.8. The van der Waals surface area contributed by atoms with Crippen LogP contribution in [0.15, 0.2) is 0 Å². The monoisotopic (exact) mass is 514 g/mol. The quantitative estimate of drug-likeness (QED) is 0.319. The summed E-state index contributed by atoms with van der Waals surface area (Å²) in [4.78, 5) is 48.2. The molecule has 0 spiro atoms. The predicted molar refractivity (Wildman–Crippen MR) is 110 cm³/mol. The van der Waals surface area contributed by atoms with Crippen LogP contribution in [0.25, 0.3) is 0 Å². The fourth-order valence-electron chi connectivity index (χ4n) is 8.31. The smallest absolute Gasteiger partial charge is 0.458 e. The molecule has 0 radical (unpaired) electrons. The van der Waals surface area contributed by atoms with Gasteiger partial charge in [-0.3, -0.25) is 4.79 Å². The van der Waals surface area contributed by atoms with Crippen molar-refractivity contribution in [3.8, 4) is 0 Å². The van der Waals surface area contributed by atoms with E-state index in [2.05, 4.69) is 4.74 Å².